The highest BCUT2D eigenvalue weighted by atomic mass is 32.2. The minimum absolute atomic E-state index is 0.00454. The second-order valence-corrected chi connectivity index (χ2v) is 7.74. The third-order valence-corrected chi connectivity index (χ3v) is 5.82. The van der Waals surface area contributed by atoms with E-state index < -0.39 is 0 Å². The van der Waals surface area contributed by atoms with Crippen LogP contribution in [0.25, 0.3) is 0 Å². The molecule has 3 aromatic carbocycles. The molecular formula is C23H22N2O2S. The number of nitrogens with zero attached hydrogens (tertiary/aromatic N) is 1. The summed E-state index contributed by atoms with van der Waals surface area (Å²) in [4.78, 5) is 14.6. The molecule has 2 amide bonds. The van der Waals surface area contributed by atoms with E-state index in [2.05, 4.69) is 11.4 Å². The van der Waals surface area contributed by atoms with Gasteiger partial charge in [-0.05, 0) is 35.4 Å². The molecule has 28 heavy (non-hydrogen) atoms. The van der Waals surface area contributed by atoms with Crippen molar-refractivity contribution in [3.63, 3.8) is 0 Å². The van der Waals surface area contributed by atoms with Gasteiger partial charge >= 0.3 is 6.03 Å². The van der Waals surface area contributed by atoms with Gasteiger partial charge in [-0.3, -0.25) is 0 Å². The molecule has 1 aliphatic heterocycles. The molecule has 0 unspecified atom stereocenters. The van der Waals surface area contributed by atoms with Crippen LogP contribution in [0.4, 0.5) is 4.79 Å². The average Bonchev–Trinajstić information content (AvgIpc) is 3.24. The maximum absolute atomic E-state index is 12.7. The predicted octanol–water partition coefficient (Wildman–Crippen LogP) is 5.44. The Morgan fingerprint density at radius 1 is 0.964 bits per heavy atom. The van der Waals surface area contributed by atoms with Gasteiger partial charge in [-0.25, -0.2) is 4.79 Å². The number of hydrogen-bond acceptors (Lipinski definition) is 3. The van der Waals surface area contributed by atoms with E-state index in [4.69, 9.17) is 4.74 Å². The van der Waals surface area contributed by atoms with Gasteiger partial charge in [0.15, 0.2) is 0 Å². The van der Waals surface area contributed by atoms with Gasteiger partial charge in [0.1, 0.15) is 16.9 Å². The molecule has 0 aromatic heterocycles. The van der Waals surface area contributed by atoms with Gasteiger partial charge in [0, 0.05) is 18.8 Å². The molecular weight excluding hydrogens is 368 g/mol. The number of ether oxygens (including phenoxy) is 1. The summed E-state index contributed by atoms with van der Waals surface area (Å²) in [6, 6.07) is 27.6. The number of carbonyl (C=O) groups is 1. The number of nitrogens with one attached hydrogen (secondary N) is 1. The van der Waals surface area contributed by atoms with E-state index in [0.29, 0.717) is 6.54 Å². The summed E-state index contributed by atoms with van der Waals surface area (Å²) in [6.07, 6.45) is 0. The normalized spacial score (nSPS) is 16.0. The molecule has 0 saturated carbocycles. The van der Waals surface area contributed by atoms with Crippen LogP contribution in [0.1, 0.15) is 16.5 Å². The van der Waals surface area contributed by atoms with Gasteiger partial charge in [-0.15, -0.1) is 11.8 Å². The Balaban J connectivity index is 1.44. The van der Waals surface area contributed by atoms with E-state index >= 15 is 0 Å². The number of para-hydroxylation sites is 1. The third kappa shape index (κ3) is 4.49. The molecule has 4 nitrogen and oxygen atoms in total. The van der Waals surface area contributed by atoms with Crippen molar-refractivity contribution in [3.8, 4) is 11.5 Å². The van der Waals surface area contributed by atoms with Crippen LogP contribution in [-0.2, 0) is 6.54 Å². The molecule has 4 rings (SSSR count). The highest BCUT2D eigenvalue weighted by Crippen LogP contribution is 2.39. The quantitative estimate of drug-likeness (QED) is 0.631. The number of urea groups is 1. The van der Waals surface area contributed by atoms with Gasteiger partial charge in [-0.1, -0.05) is 60.7 Å². The summed E-state index contributed by atoms with van der Waals surface area (Å²) in [5, 5.41) is 3.03. The number of amides is 2. The molecule has 5 heteroatoms. The van der Waals surface area contributed by atoms with E-state index in [-0.39, 0.29) is 11.4 Å². The van der Waals surface area contributed by atoms with Crippen LogP contribution in [-0.4, -0.2) is 23.2 Å². The second-order valence-electron chi connectivity index (χ2n) is 6.55. The maximum Gasteiger partial charge on any atom is 0.318 e. The molecule has 0 aliphatic carbocycles. The van der Waals surface area contributed by atoms with Gasteiger partial charge < -0.3 is 15.0 Å². The van der Waals surface area contributed by atoms with Crippen molar-refractivity contribution in [1.29, 1.82) is 0 Å². The standard InChI is InChI=1S/C23H22N2O2S/c26-23(24-17-18-8-3-1-4-9-18)25-14-15-28-22(25)19-10-7-13-21(16-19)27-20-11-5-2-6-12-20/h1-13,16,22H,14-15,17H2,(H,24,26)/t22-/m0/s1. The Labute approximate surface area is 169 Å². The fourth-order valence-corrected chi connectivity index (χ4v) is 4.43. The van der Waals surface area contributed by atoms with Crippen molar-refractivity contribution in [1.82, 2.24) is 10.2 Å². The topological polar surface area (TPSA) is 41.6 Å². The zero-order valence-corrected chi connectivity index (χ0v) is 16.3. The van der Waals surface area contributed by atoms with Crippen LogP contribution in [0.3, 0.4) is 0 Å². The molecule has 0 spiro atoms. The van der Waals surface area contributed by atoms with E-state index in [1.54, 1.807) is 11.8 Å². The van der Waals surface area contributed by atoms with Gasteiger partial charge in [0.2, 0.25) is 0 Å². The summed E-state index contributed by atoms with van der Waals surface area (Å²) < 4.78 is 5.95. The van der Waals surface area contributed by atoms with Gasteiger partial charge in [0.25, 0.3) is 0 Å². The smallest absolute Gasteiger partial charge is 0.318 e. The molecule has 1 heterocycles. The minimum Gasteiger partial charge on any atom is -0.457 e. The molecule has 1 N–H and O–H groups in total. The van der Waals surface area contributed by atoms with Crippen molar-refractivity contribution in [2.24, 2.45) is 0 Å². The molecule has 1 aliphatic rings. The number of carbonyl (C=O) groups excluding carboxylic acids is 1. The second kappa shape index (κ2) is 8.85. The van der Waals surface area contributed by atoms with Crippen LogP contribution in [0, 0.1) is 0 Å². The van der Waals surface area contributed by atoms with E-state index in [1.165, 1.54) is 0 Å². The Bertz CT molecular complexity index is 918. The number of rotatable bonds is 5. The number of benzene rings is 3. The molecule has 1 atom stereocenters. The first-order chi connectivity index (χ1) is 13.8. The first kappa shape index (κ1) is 18.4. The monoisotopic (exact) mass is 390 g/mol. The zero-order chi connectivity index (χ0) is 19.2. The lowest BCUT2D eigenvalue weighted by Gasteiger charge is -2.24. The molecule has 142 valence electrons. The van der Waals surface area contributed by atoms with Crippen molar-refractivity contribution in [2.75, 3.05) is 12.3 Å². The first-order valence-corrected chi connectivity index (χ1v) is 10.4. The van der Waals surface area contributed by atoms with Crippen LogP contribution in [0.15, 0.2) is 84.9 Å². The van der Waals surface area contributed by atoms with Crippen LogP contribution in [0.2, 0.25) is 0 Å². The Morgan fingerprint density at radius 2 is 1.68 bits per heavy atom. The summed E-state index contributed by atoms with van der Waals surface area (Å²) in [5.74, 6) is 2.50. The summed E-state index contributed by atoms with van der Waals surface area (Å²) in [6.45, 7) is 1.27. The number of thioether (sulfide) groups is 1. The first-order valence-electron chi connectivity index (χ1n) is 9.32. The lowest BCUT2D eigenvalue weighted by Crippen LogP contribution is -2.39. The Kier molecular flexibility index (Phi) is 5.83. The molecule has 0 bridgehead atoms. The average molecular weight is 391 g/mol. The van der Waals surface area contributed by atoms with Crippen LogP contribution in [0.5, 0.6) is 11.5 Å². The van der Waals surface area contributed by atoms with Crippen LogP contribution < -0.4 is 10.1 Å². The molecule has 1 saturated heterocycles. The van der Waals surface area contributed by atoms with Crippen molar-refractivity contribution in [2.45, 2.75) is 11.9 Å². The largest absolute Gasteiger partial charge is 0.457 e. The Morgan fingerprint density at radius 3 is 2.46 bits per heavy atom. The summed E-state index contributed by atoms with van der Waals surface area (Å²) in [7, 11) is 0. The Hall–Kier alpha value is -2.92. The van der Waals surface area contributed by atoms with Crippen molar-refractivity contribution < 1.29 is 9.53 Å². The van der Waals surface area contributed by atoms with E-state index in [1.807, 2.05) is 83.8 Å². The molecule has 1 fully saturated rings. The van der Waals surface area contributed by atoms with Crippen molar-refractivity contribution >= 4 is 17.8 Å². The molecule has 0 radical (unpaired) electrons. The zero-order valence-electron chi connectivity index (χ0n) is 15.5. The van der Waals surface area contributed by atoms with Crippen molar-refractivity contribution in [3.05, 3.63) is 96.1 Å². The lowest BCUT2D eigenvalue weighted by molar-refractivity contribution is 0.200. The van der Waals surface area contributed by atoms with Gasteiger partial charge in [0.05, 0.1) is 0 Å². The fourth-order valence-electron chi connectivity index (χ4n) is 3.19. The fraction of sp³-hybridized carbons (Fsp3) is 0.174. The van der Waals surface area contributed by atoms with Gasteiger partial charge in [-0.2, -0.15) is 0 Å². The predicted molar refractivity (Wildman–Crippen MR) is 114 cm³/mol. The van der Waals surface area contributed by atoms with E-state index in [9.17, 15) is 4.79 Å². The summed E-state index contributed by atoms with van der Waals surface area (Å²) >= 11 is 1.78. The molecule has 3 aromatic rings. The SMILES string of the molecule is O=C(NCc1ccccc1)N1CCS[C@H]1c1cccc(Oc2ccccc2)c1. The lowest BCUT2D eigenvalue weighted by atomic mass is 10.2. The highest BCUT2D eigenvalue weighted by molar-refractivity contribution is 7.99. The number of hydrogen-bond donors (Lipinski definition) is 1. The van der Waals surface area contributed by atoms with E-state index in [0.717, 1.165) is 34.9 Å². The summed E-state index contributed by atoms with van der Waals surface area (Å²) in [5.41, 5.74) is 2.17. The highest BCUT2D eigenvalue weighted by Gasteiger charge is 2.30. The van der Waals surface area contributed by atoms with Crippen LogP contribution >= 0.6 is 11.8 Å². The minimum atomic E-state index is -0.0340. The maximum atomic E-state index is 12.7. The third-order valence-electron chi connectivity index (χ3n) is 4.56.